The number of hydrogen-bond donors (Lipinski definition) is 2. The van der Waals surface area contributed by atoms with E-state index in [1.54, 1.807) is 0 Å². The van der Waals surface area contributed by atoms with Crippen molar-refractivity contribution in [1.82, 2.24) is 0 Å². The number of aromatic carboxylic acids is 1. The molecule has 23 heavy (non-hydrogen) atoms. The fourth-order valence-electron chi connectivity index (χ4n) is 1.69. The van der Waals surface area contributed by atoms with Gasteiger partial charge in [-0.1, -0.05) is 23.2 Å². The molecule has 0 heterocycles. The Morgan fingerprint density at radius 1 is 1.13 bits per heavy atom. The van der Waals surface area contributed by atoms with Crippen molar-refractivity contribution in [2.75, 3.05) is 4.72 Å². The molecule has 0 spiro atoms. The molecule has 0 bridgehead atoms. The minimum Gasteiger partial charge on any atom is -0.478 e. The van der Waals surface area contributed by atoms with E-state index in [-0.39, 0.29) is 16.1 Å². The topological polar surface area (TPSA) is 49.3 Å². The van der Waals surface area contributed by atoms with E-state index in [2.05, 4.69) is 4.72 Å². The molecule has 0 amide bonds. The van der Waals surface area contributed by atoms with E-state index in [1.165, 1.54) is 24.3 Å². The van der Waals surface area contributed by atoms with E-state index < -0.39 is 22.7 Å². The van der Waals surface area contributed by atoms with Gasteiger partial charge < -0.3 is 9.83 Å². The summed E-state index contributed by atoms with van der Waals surface area (Å²) in [5, 5.41) is 8.97. The van der Waals surface area contributed by atoms with Crippen LogP contribution in [0.15, 0.2) is 41.3 Å². The van der Waals surface area contributed by atoms with Crippen molar-refractivity contribution in [2.24, 2.45) is 0 Å². The summed E-state index contributed by atoms with van der Waals surface area (Å²) in [4.78, 5) is 11.3. The Morgan fingerprint density at radius 2 is 1.83 bits per heavy atom. The third kappa shape index (κ3) is 4.46. The second-order valence-corrected chi connectivity index (χ2v) is 6.06. The van der Waals surface area contributed by atoms with Crippen molar-refractivity contribution in [3.8, 4) is 0 Å². The van der Waals surface area contributed by atoms with E-state index in [9.17, 15) is 18.0 Å². The molecular weight excluding hydrogens is 374 g/mol. The lowest BCUT2D eigenvalue weighted by atomic mass is 10.2. The average Bonchev–Trinajstić information content (AvgIpc) is 2.45. The maximum absolute atomic E-state index is 12.8. The zero-order valence-corrected chi connectivity index (χ0v) is 13.4. The Bertz CT molecular complexity index is 753. The molecule has 2 N–H and O–H groups in total. The number of hydrogen-bond acceptors (Lipinski definition) is 3. The van der Waals surface area contributed by atoms with Crippen molar-refractivity contribution in [3.05, 3.63) is 57.6 Å². The third-order valence-electron chi connectivity index (χ3n) is 2.73. The van der Waals surface area contributed by atoms with Gasteiger partial charge >= 0.3 is 12.1 Å². The summed E-state index contributed by atoms with van der Waals surface area (Å²) in [5.74, 6) is -1.18. The highest BCUT2D eigenvalue weighted by molar-refractivity contribution is 8.00. The molecule has 3 nitrogen and oxygen atoms in total. The number of nitrogens with one attached hydrogen (secondary N) is 1. The van der Waals surface area contributed by atoms with E-state index >= 15 is 0 Å². The van der Waals surface area contributed by atoms with Gasteiger partial charge in [0.2, 0.25) is 0 Å². The van der Waals surface area contributed by atoms with Crippen LogP contribution < -0.4 is 4.72 Å². The molecule has 0 saturated heterocycles. The highest BCUT2D eigenvalue weighted by Crippen LogP contribution is 2.37. The summed E-state index contributed by atoms with van der Waals surface area (Å²) in [6.07, 6.45) is -4.57. The van der Waals surface area contributed by atoms with Crippen LogP contribution in [0.4, 0.5) is 18.9 Å². The van der Waals surface area contributed by atoms with Gasteiger partial charge in [-0.05, 0) is 48.3 Å². The number of benzene rings is 2. The predicted octanol–water partition coefficient (Wildman–Crippen LogP) is 5.83. The molecule has 0 aromatic heterocycles. The largest absolute Gasteiger partial charge is 0.478 e. The fourth-order valence-corrected chi connectivity index (χ4v) is 2.79. The van der Waals surface area contributed by atoms with Crippen molar-refractivity contribution >= 4 is 46.8 Å². The summed E-state index contributed by atoms with van der Waals surface area (Å²) >= 11 is 12.2. The number of halogens is 5. The number of rotatable bonds is 4. The SMILES string of the molecule is O=C(O)c1ccc(Cl)cc1NSc1ccc(Cl)c(C(F)(F)F)c1. The van der Waals surface area contributed by atoms with E-state index in [0.29, 0.717) is 5.02 Å². The third-order valence-corrected chi connectivity index (χ3v) is 4.11. The van der Waals surface area contributed by atoms with Crippen molar-refractivity contribution in [1.29, 1.82) is 0 Å². The molecule has 0 radical (unpaired) electrons. The Kier molecular flexibility index (Phi) is 5.33. The first kappa shape index (κ1) is 17.8. The molecule has 2 aromatic rings. The number of carbonyl (C=O) groups is 1. The highest BCUT2D eigenvalue weighted by atomic mass is 35.5. The fraction of sp³-hybridized carbons (Fsp3) is 0.0714. The molecule has 0 saturated carbocycles. The summed E-state index contributed by atoms with van der Waals surface area (Å²) in [6.45, 7) is 0. The van der Waals surface area contributed by atoms with Gasteiger partial charge in [0.15, 0.2) is 0 Å². The minimum absolute atomic E-state index is 0.0492. The first-order valence-electron chi connectivity index (χ1n) is 6.01. The Morgan fingerprint density at radius 3 is 2.43 bits per heavy atom. The van der Waals surface area contributed by atoms with Gasteiger partial charge in [-0.25, -0.2) is 4.79 Å². The number of anilines is 1. The second-order valence-electron chi connectivity index (χ2n) is 4.34. The van der Waals surface area contributed by atoms with Crippen molar-refractivity contribution < 1.29 is 23.1 Å². The minimum atomic E-state index is -4.57. The molecule has 2 aromatic carbocycles. The Labute approximate surface area is 143 Å². The Hall–Kier alpha value is -1.57. The summed E-state index contributed by atoms with van der Waals surface area (Å²) in [7, 11) is 0. The zero-order valence-electron chi connectivity index (χ0n) is 11.1. The molecule has 9 heteroatoms. The van der Waals surface area contributed by atoms with Gasteiger partial charge in [-0.15, -0.1) is 0 Å². The van der Waals surface area contributed by atoms with Crippen LogP contribution in [0.25, 0.3) is 0 Å². The molecule has 0 aliphatic heterocycles. The summed E-state index contributed by atoms with van der Waals surface area (Å²) in [5.41, 5.74) is -0.832. The van der Waals surface area contributed by atoms with Gasteiger partial charge in [0, 0.05) is 9.92 Å². The van der Waals surface area contributed by atoms with Gasteiger partial charge in [0.05, 0.1) is 21.8 Å². The molecule has 0 fully saturated rings. The van der Waals surface area contributed by atoms with Crippen LogP contribution >= 0.6 is 35.1 Å². The van der Waals surface area contributed by atoms with E-state index in [0.717, 1.165) is 24.1 Å². The predicted molar refractivity (Wildman–Crippen MR) is 84.3 cm³/mol. The maximum Gasteiger partial charge on any atom is 0.417 e. The summed E-state index contributed by atoms with van der Waals surface area (Å²) in [6, 6.07) is 7.48. The van der Waals surface area contributed by atoms with Crippen LogP contribution in [0.1, 0.15) is 15.9 Å². The zero-order chi connectivity index (χ0) is 17.2. The lowest BCUT2D eigenvalue weighted by molar-refractivity contribution is -0.137. The maximum atomic E-state index is 12.8. The van der Waals surface area contributed by atoms with Crippen molar-refractivity contribution in [3.63, 3.8) is 0 Å². The molecule has 0 aliphatic rings. The molecule has 2 rings (SSSR count). The first-order chi connectivity index (χ1) is 10.7. The molecule has 0 unspecified atom stereocenters. The van der Waals surface area contributed by atoms with Crippen molar-refractivity contribution in [2.45, 2.75) is 11.1 Å². The lowest BCUT2D eigenvalue weighted by Crippen LogP contribution is -2.06. The molecular formula is C14H8Cl2F3NO2S. The smallest absolute Gasteiger partial charge is 0.417 e. The van der Waals surface area contributed by atoms with Crippen LogP contribution in [0.3, 0.4) is 0 Å². The number of carboxylic acids is 1. The second kappa shape index (κ2) is 6.90. The number of carboxylic acid groups (broad SMARTS) is 1. The monoisotopic (exact) mass is 381 g/mol. The summed E-state index contributed by atoms with van der Waals surface area (Å²) < 4.78 is 41.1. The average molecular weight is 382 g/mol. The van der Waals surface area contributed by atoms with Gasteiger partial charge in [-0.2, -0.15) is 13.2 Å². The Balaban J connectivity index is 2.25. The highest BCUT2D eigenvalue weighted by Gasteiger charge is 2.33. The van der Waals surface area contributed by atoms with Gasteiger partial charge in [0.1, 0.15) is 0 Å². The van der Waals surface area contributed by atoms with E-state index in [4.69, 9.17) is 28.3 Å². The molecule has 122 valence electrons. The van der Waals surface area contributed by atoms with E-state index in [1.807, 2.05) is 0 Å². The normalized spacial score (nSPS) is 11.3. The number of alkyl halides is 3. The van der Waals surface area contributed by atoms with Crippen LogP contribution in [0.5, 0.6) is 0 Å². The quantitative estimate of drug-likeness (QED) is 0.654. The molecule has 0 atom stereocenters. The molecule has 0 aliphatic carbocycles. The van der Waals surface area contributed by atoms with Gasteiger partial charge in [0.25, 0.3) is 0 Å². The lowest BCUT2D eigenvalue weighted by Gasteiger charge is -2.12. The van der Waals surface area contributed by atoms with Crippen LogP contribution in [-0.2, 0) is 6.18 Å². The van der Waals surface area contributed by atoms with Crippen LogP contribution in [-0.4, -0.2) is 11.1 Å². The van der Waals surface area contributed by atoms with Crippen LogP contribution in [0.2, 0.25) is 10.0 Å². The van der Waals surface area contributed by atoms with Gasteiger partial charge in [-0.3, -0.25) is 0 Å². The van der Waals surface area contributed by atoms with Crippen LogP contribution in [0, 0.1) is 0 Å². The standard InChI is InChI=1S/C14H8Cl2F3NO2S/c15-7-1-3-9(13(21)22)12(5-7)20-23-8-2-4-11(16)10(6-8)14(17,18)19/h1-6,20H,(H,21,22). The first-order valence-corrected chi connectivity index (χ1v) is 7.58.